The highest BCUT2D eigenvalue weighted by Crippen LogP contribution is 2.12. The van der Waals surface area contributed by atoms with Crippen LogP contribution in [-0.2, 0) is 4.79 Å². The molecule has 0 bridgehead atoms. The molecule has 0 aromatic heterocycles. The molecule has 0 atom stereocenters. The summed E-state index contributed by atoms with van der Waals surface area (Å²) in [6.45, 7) is 13.6. The number of carbonyl (C=O) groups excluding carboxylic acids is 1. The smallest absolute Gasteiger partial charge is 0.367 e. The highest BCUT2D eigenvalue weighted by atomic mass is 16.5. The Balaban J connectivity index is 2.77. The van der Waals surface area contributed by atoms with Gasteiger partial charge in [-0.2, -0.15) is 0 Å². The molecule has 3 heteroatoms. The van der Waals surface area contributed by atoms with E-state index in [1.165, 1.54) is 0 Å². The van der Waals surface area contributed by atoms with E-state index in [4.69, 9.17) is 4.74 Å². The molecule has 0 amide bonds. The normalized spacial score (nSPS) is 10.6. The Labute approximate surface area is 121 Å². The van der Waals surface area contributed by atoms with Gasteiger partial charge in [-0.3, -0.25) is 0 Å². The van der Waals surface area contributed by atoms with Crippen LogP contribution >= 0.6 is 0 Å². The van der Waals surface area contributed by atoms with E-state index in [-0.39, 0.29) is 12.5 Å². The van der Waals surface area contributed by atoms with Crippen LogP contribution in [0.3, 0.4) is 0 Å². The zero-order chi connectivity index (χ0) is 14.8. The Morgan fingerprint density at radius 3 is 1.95 bits per heavy atom. The number of esters is 1. The van der Waals surface area contributed by atoms with Gasteiger partial charge in [0.1, 0.15) is 5.75 Å². The van der Waals surface area contributed by atoms with Crippen LogP contribution in [0.4, 0.5) is 0 Å². The molecule has 1 aromatic carbocycles. The summed E-state index contributed by atoms with van der Waals surface area (Å²) in [6.07, 6.45) is 5.42. The summed E-state index contributed by atoms with van der Waals surface area (Å²) in [4.78, 5) is 12.1. The maximum absolute atomic E-state index is 12.1. The molecule has 106 valence electrons. The van der Waals surface area contributed by atoms with Gasteiger partial charge in [-0.25, -0.2) is 4.79 Å². The van der Waals surface area contributed by atoms with Crippen LogP contribution in [0.15, 0.2) is 68.3 Å². The van der Waals surface area contributed by atoms with Gasteiger partial charge in [-0.1, -0.05) is 37.9 Å². The monoisotopic (exact) mass is 272 g/mol. The lowest BCUT2D eigenvalue weighted by molar-refractivity contribution is -0.904. The van der Waals surface area contributed by atoms with Gasteiger partial charge in [0, 0.05) is 0 Å². The van der Waals surface area contributed by atoms with Crippen molar-refractivity contribution in [1.82, 2.24) is 0 Å². The van der Waals surface area contributed by atoms with Crippen molar-refractivity contribution in [2.45, 2.75) is 0 Å². The molecule has 1 aromatic rings. The molecule has 0 aliphatic carbocycles. The van der Waals surface area contributed by atoms with Crippen molar-refractivity contribution in [3.63, 3.8) is 0 Å². The molecule has 0 saturated heterocycles. The number of benzene rings is 1. The first-order chi connectivity index (χ1) is 9.65. The molecule has 20 heavy (non-hydrogen) atoms. The number of rotatable bonds is 9. The topological polar surface area (TPSA) is 26.3 Å². The third kappa shape index (κ3) is 4.86. The van der Waals surface area contributed by atoms with Crippen molar-refractivity contribution in [2.24, 2.45) is 0 Å². The molecular formula is C17H22NO2+. The summed E-state index contributed by atoms with van der Waals surface area (Å²) in [5.74, 6) is 0.299. The Hall–Kier alpha value is -2.13. The molecule has 0 fully saturated rings. The van der Waals surface area contributed by atoms with Crippen LogP contribution in [0.1, 0.15) is 0 Å². The van der Waals surface area contributed by atoms with E-state index in [2.05, 4.69) is 19.7 Å². The standard InChI is InChI=1S/C17H22NO2/c1-4-12-18(13-5-2,14-6-3)15-17(19)20-16-10-8-7-9-11-16/h4-11H,1-3,12-15H2/q+1. The Morgan fingerprint density at radius 2 is 1.50 bits per heavy atom. The van der Waals surface area contributed by atoms with Crippen LogP contribution in [0, 0.1) is 0 Å². The molecule has 3 nitrogen and oxygen atoms in total. The average molecular weight is 272 g/mol. The summed E-state index contributed by atoms with van der Waals surface area (Å²) in [6, 6.07) is 9.08. The third-order valence-electron chi connectivity index (χ3n) is 2.99. The second-order valence-electron chi connectivity index (χ2n) is 4.70. The fourth-order valence-electron chi connectivity index (χ4n) is 2.16. The molecule has 1 rings (SSSR count). The summed E-state index contributed by atoms with van der Waals surface area (Å²) in [7, 11) is 0. The number of ether oxygens (including phenoxy) is 1. The first-order valence-corrected chi connectivity index (χ1v) is 6.59. The first kappa shape index (κ1) is 15.9. The molecule has 0 aliphatic rings. The van der Waals surface area contributed by atoms with Crippen LogP contribution in [0.25, 0.3) is 0 Å². The highest BCUT2D eigenvalue weighted by Gasteiger charge is 2.27. The minimum Gasteiger partial charge on any atom is -0.422 e. The lowest BCUT2D eigenvalue weighted by atomic mass is 10.3. The number of hydrogen-bond acceptors (Lipinski definition) is 2. The van der Waals surface area contributed by atoms with Crippen LogP contribution in [-0.4, -0.2) is 36.6 Å². The Kier molecular flexibility index (Phi) is 6.47. The third-order valence-corrected chi connectivity index (χ3v) is 2.99. The van der Waals surface area contributed by atoms with Gasteiger partial charge >= 0.3 is 5.97 Å². The predicted molar refractivity (Wildman–Crippen MR) is 82.4 cm³/mol. The van der Waals surface area contributed by atoms with Crippen molar-refractivity contribution in [3.8, 4) is 5.75 Å². The van der Waals surface area contributed by atoms with E-state index in [9.17, 15) is 4.79 Å². The fraction of sp³-hybridized carbons (Fsp3) is 0.235. The lowest BCUT2D eigenvalue weighted by Gasteiger charge is -2.34. The maximum Gasteiger partial charge on any atom is 0.367 e. The number of nitrogens with zero attached hydrogens (tertiary/aromatic N) is 1. The van der Waals surface area contributed by atoms with Gasteiger partial charge in [0.25, 0.3) is 0 Å². The minimum absolute atomic E-state index is 0.262. The molecule has 0 saturated carbocycles. The zero-order valence-electron chi connectivity index (χ0n) is 11.8. The van der Waals surface area contributed by atoms with Crippen molar-refractivity contribution in [1.29, 1.82) is 0 Å². The van der Waals surface area contributed by atoms with E-state index in [0.717, 1.165) is 0 Å². The van der Waals surface area contributed by atoms with Crippen LogP contribution < -0.4 is 4.74 Å². The fourth-order valence-corrected chi connectivity index (χ4v) is 2.16. The quantitative estimate of drug-likeness (QED) is 0.299. The average Bonchev–Trinajstić information content (AvgIpc) is 2.40. The number of quaternary nitrogens is 1. The van der Waals surface area contributed by atoms with Gasteiger partial charge < -0.3 is 9.22 Å². The molecule has 0 N–H and O–H groups in total. The van der Waals surface area contributed by atoms with Crippen molar-refractivity contribution < 1.29 is 14.0 Å². The van der Waals surface area contributed by atoms with E-state index in [0.29, 0.717) is 29.9 Å². The van der Waals surface area contributed by atoms with Gasteiger partial charge in [-0.15, -0.1) is 0 Å². The van der Waals surface area contributed by atoms with Crippen LogP contribution in [0.2, 0.25) is 0 Å². The van der Waals surface area contributed by atoms with Gasteiger partial charge in [0.15, 0.2) is 6.54 Å². The molecule has 0 heterocycles. The van der Waals surface area contributed by atoms with E-state index < -0.39 is 0 Å². The van der Waals surface area contributed by atoms with E-state index >= 15 is 0 Å². The van der Waals surface area contributed by atoms with Crippen molar-refractivity contribution in [3.05, 3.63) is 68.3 Å². The lowest BCUT2D eigenvalue weighted by Crippen LogP contribution is -2.52. The van der Waals surface area contributed by atoms with Crippen LogP contribution in [0.5, 0.6) is 5.75 Å². The van der Waals surface area contributed by atoms with E-state index in [1.807, 2.05) is 36.4 Å². The highest BCUT2D eigenvalue weighted by molar-refractivity contribution is 5.73. The predicted octanol–water partition coefficient (Wildman–Crippen LogP) is 2.97. The summed E-state index contributed by atoms with van der Waals surface area (Å²) < 4.78 is 5.85. The summed E-state index contributed by atoms with van der Waals surface area (Å²) in [5.41, 5.74) is 0. The zero-order valence-corrected chi connectivity index (χ0v) is 11.8. The molecule has 0 aliphatic heterocycles. The minimum atomic E-state index is -0.262. The largest absolute Gasteiger partial charge is 0.422 e. The second-order valence-corrected chi connectivity index (χ2v) is 4.70. The van der Waals surface area contributed by atoms with Crippen molar-refractivity contribution in [2.75, 3.05) is 26.2 Å². The Morgan fingerprint density at radius 1 is 1.00 bits per heavy atom. The molecule has 0 spiro atoms. The molecular weight excluding hydrogens is 250 g/mol. The summed E-state index contributed by atoms with van der Waals surface area (Å²) >= 11 is 0. The first-order valence-electron chi connectivity index (χ1n) is 6.59. The van der Waals surface area contributed by atoms with E-state index in [1.54, 1.807) is 12.1 Å². The van der Waals surface area contributed by atoms with Gasteiger partial charge in [0.2, 0.25) is 0 Å². The summed E-state index contributed by atoms with van der Waals surface area (Å²) in [5, 5.41) is 0. The number of hydrogen-bond donors (Lipinski definition) is 0. The second kappa shape index (κ2) is 8.12. The number of para-hydroxylation sites is 1. The molecule has 0 radical (unpaired) electrons. The van der Waals surface area contributed by atoms with Gasteiger partial charge in [-0.05, 0) is 30.4 Å². The van der Waals surface area contributed by atoms with Gasteiger partial charge in [0.05, 0.1) is 19.6 Å². The van der Waals surface area contributed by atoms with Crippen molar-refractivity contribution >= 4 is 5.97 Å². The number of carbonyl (C=O) groups is 1. The SMILES string of the molecule is C=CC[N+](CC=C)(CC=C)CC(=O)Oc1ccccc1. The maximum atomic E-state index is 12.1. The Bertz CT molecular complexity index is 439. The molecule has 0 unspecified atom stereocenters.